The molecule has 30 heavy (non-hydrogen) atoms. The smallest absolute Gasteiger partial charge is 0.0888 e. The second-order valence-corrected chi connectivity index (χ2v) is 9.35. The van der Waals surface area contributed by atoms with Crippen molar-refractivity contribution in [2.24, 2.45) is 23.7 Å². The SMILES string of the molecule is C1=CC2=CC=C3C=CC(C4=CC(C5C=CC6COOCC6C5)CC=C4)NC3C2NC1. The van der Waals surface area contributed by atoms with Crippen LogP contribution in [0.3, 0.4) is 0 Å². The van der Waals surface area contributed by atoms with E-state index < -0.39 is 0 Å². The molecule has 7 atom stereocenters. The van der Waals surface area contributed by atoms with Gasteiger partial charge in [0.2, 0.25) is 0 Å². The zero-order valence-corrected chi connectivity index (χ0v) is 17.2. The van der Waals surface area contributed by atoms with Crippen LogP contribution in [0.4, 0.5) is 0 Å². The van der Waals surface area contributed by atoms with Crippen molar-refractivity contribution in [3.8, 4) is 0 Å². The highest BCUT2D eigenvalue weighted by Crippen LogP contribution is 2.39. The lowest BCUT2D eigenvalue weighted by molar-refractivity contribution is -0.335. The fourth-order valence-corrected chi connectivity index (χ4v) is 5.83. The Kier molecular flexibility index (Phi) is 4.96. The summed E-state index contributed by atoms with van der Waals surface area (Å²) in [4.78, 5) is 10.5. The fraction of sp³-hybridized carbons (Fsp3) is 0.462. The van der Waals surface area contributed by atoms with Gasteiger partial charge in [-0.1, -0.05) is 66.8 Å². The summed E-state index contributed by atoms with van der Waals surface area (Å²) in [7, 11) is 0. The summed E-state index contributed by atoms with van der Waals surface area (Å²) in [5, 5.41) is 7.60. The molecule has 6 aliphatic rings. The topological polar surface area (TPSA) is 42.5 Å². The highest BCUT2D eigenvalue weighted by atomic mass is 17.2. The van der Waals surface area contributed by atoms with Crippen molar-refractivity contribution in [1.29, 1.82) is 0 Å². The van der Waals surface area contributed by atoms with Gasteiger partial charge in [0.15, 0.2) is 0 Å². The quantitative estimate of drug-likeness (QED) is 0.548. The van der Waals surface area contributed by atoms with E-state index in [9.17, 15) is 0 Å². The Morgan fingerprint density at radius 3 is 2.57 bits per heavy atom. The third kappa shape index (κ3) is 3.42. The molecule has 0 amide bonds. The molecule has 4 heteroatoms. The van der Waals surface area contributed by atoms with Gasteiger partial charge in [-0.25, -0.2) is 9.78 Å². The first kappa shape index (κ1) is 18.8. The van der Waals surface area contributed by atoms with E-state index in [1.807, 2.05) is 0 Å². The van der Waals surface area contributed by atoms with E-state index in [4.69, 9.17) is 9.78 Å². The van der Waals surface area contributed by atoms with E-state index in [2.05, 4.69) is 77.5 Å². The molecule has 0 aromatic heterocycles. The van der Waals surface area contributed by atoms with Gasteiger partial charge in [-0.2, -0.15) is 0 Å². The molecule has 6 rings (SSSR count). The summed E-state index contributed by atoms with van der Waals surface area (Å²) in [5.41, 5.74) is 4.16. The number of rotatable bonds is 2. The maximum absolute atomic E-state index is 5.28. The van der Waals surface area contributed by atoms with E-state index in [0.717, 1.165) is 19.6 Å². The van der Waals surface area contributed by atoms with E-state index >= 15 is 0 Å². The maximum Gasteiger partial charge on any atom is 0.0888 e. The van der Waals surface area contributed by atoms with Crippen molar-refractivity contribution in [3.05, 3.63) is 83.6 Å². The van der Waals surface area contributed by atoms with Gasteiger partial charge in [0, 0.05) is 12.5 Å². The maximum atomic E-state index is 5.28. The molecule has 0 aromatic rings. The van der Waals surface area contributed by atoms with Crippen molar-refractivity contribution < 1.29 is 9.78 Å². The summed E-state index contributed by atoms with van der Waals surface area (Å²) >= 11 is 0. The van der Waals surface area contributed by atoms with Crippen molar-refractivity contribution in [2.75, 3.05) is 19.8 Å². The van der Waals surface area contributed by atoms with Gasteiger partial charge < -0.3 is 5.32 Å². The van der Waals surface area contributed by atoms with Crippen LogP contribution in [-0.2, 0) is 9.78 Å². The monoisotopic (exact) mass is 402 g/mol. The Labute approximate surface area is 178 Å². The molecule has 3 aliphatic heterocycles. The van der Waals surface area contributed by atoms with Gasteiger partial charge in [0.25, 0.3) is 0 Å². The summed E-state index contributed by atoms with van der Waals surface area (Å²) in [6, 6.07) is 0.956. The van der Waals surface area contributed by atoms with Gasteiger partial charge in [-0.3, -0.25) is 5.32 Å². The van der Waals surface area contributed by atoms with Crippen LogP contribution in [0.15, 0.2) is 83.6 Å². The van der Waals surface area contributed by atoms with E-state index in [1.54, 1.807) is 0 Å². The lowest BCUT2D eigenvalue weighted by Gasteiger charge is -2.40. The van der Waals surface area contributed by atoms with Crippen LogP contribution >= 0.6 is 0 Å². The summed E-state index contributed by atoms with van der Waals surface area (Å²) in [6.07, 6.45) is 28.0. The lowest BCUT2D eigenvalue weighted by Crippen LogP contribution is -2.56. The number of hydrogen-bond donors (Lipinski definition) is 2. The highest BCUT2D eigenvalue weighted by molar-refractivity contribution is 5.49. The number of hydrogen-bond acceptors (Lipinski definition) is 4. The second kappa shape index (κ2) is 7.93. The van der Waals surface area contributed by atoms with E-state index in [0.29, 0.717) is 42.4 Å². The number of allylic oxidation sites excluding steroid dienone is 5. The van der Waals surface area contributed by atoms with Crippen LogP contribution in [0.2, 0.25) is 0 Å². The second-order valence-electron chi connectivity index (χ2n) is 9.35. The Hall–Kier alpha value is -1.98. The van der Waals surface area contributed by atoms with Gasteiger partial charge >= 0.3 is 0 Å². The van der Waals surface area contributed by atoms with Gasteiger partial charge in [-0.05, 0) is 47.3 Å². The van der Waals surface area contributed by atoms with Crippen molar-refractivity contribution >= 4 is 0 Å². The van der Waals surface area contributed by atoms with Crippen molar-refractivity contribution in [3.63, 3.8) is 0 Å². The summed E-state index contributed by atoms with van der Waals surface area (Å²) in [6.45, 7) is 2.37. The normalized spacial score (nSPS) is 41.9. The predicted molar refractivity (Wildman–Crippen MR) is 118 cm³/mol. The molecule has 4 nitrogen and oxygen atoms in total. The van der Waals surface area contributed by atoms with Gasteiger partial charge in [-0.15, -0.1) is 0 Å². The molecule has 3 aliphatic carbocycles. The van der Waals surface area contributed by atoms with Crippen LogP contribution in [0.25, 0.3) is 0 Å². The summed E-state index contributed by atoms with van der Waals surface area (Å²) in [5.74, 6) is 2.27. The average molecular weight is 403 g/mol. The van der Waals surface area contributed by atoms with Crippen LogP contribution in [-0.4, -0.2) is 37.9 Å². The fourth-order valence-electron chi connectivity index (χ4n) is 5.83. The molecule has 3 heterocycles. The van der Waals surface area contributed by atoms with Crippen molar-refractivity contribution in [2.45, 2.75) is 31.0 Å². The largest absolute Gasteiger partial charge is 0.305 e. The molecule has 156 valence electrons. The molecule has 7 unspecified atom stereocenters. The number of fused-ring (bicyclic) bond motifs is 4. The summed E-state index contributed by atoms with van der Waals surface area (Å²) < 4.78 is 0. The Bertz CT molecular complexity index is 906. The molecule has 0 spiro atoms. The Balaban J connectivity index is 1.20. The molecule has 1 fully saturated rings. The van der Waals surface area contributed by atoms with Crippen LogP contribution in [0, 0.1) is 23.7 Å². The van der Waals surface area contributed by atoms with E-state index in [1.165, 1.54) is 23.1 Å². The molecular formula is C26H30N2O2. The Morgan fingerprint density at radius 1 is 0.767 bits per heavy atom. The molecule has 2 N–H and O–H groups in total. The van der Waals surface area contributed by atoms with Crippen molar-refractivity contribution in [1.82, 2.24) is 10.6 Å². The molecular weight excluding hydrogens is 372 g/mol. The minimum Gasteiger partial charge on any atom is -0.305 e. The predicted octanol–water partition coefficient (Wildman–Crippen LogP) is 3.55. The first-order chi connectivity index (χ1) is 14.8. The van der Waals surface area contributed by atoms with Crippen LogP contribution < -0.4 is 10.6 Å². The zero-order chi connectivity index (χ0) is 19.9. The molecule has 0 aromatic carbocycles. The lowest BCUT2D eigenvalue weighted by atomic mass is 9.72. The third-order valence-corrected chi connectivity index (χ3v) is 7.57. The molecule has 0 radical (unpaired) electrons. The van der Waals surface area contributed by atoms with Crippen LogP contribution in [0.1, 0.15) is 12.8 Å². The van der Waals surface area contributed by atoms with E-state index in [-0.39, 0.29) is 6.04 Å². The number of nitrogens with one attached hydrogen (secondary N) is 2. The standard InChI is InChI=1S/C26H30N2O2/c1-3-19(20-8-9-22-15-29-30-16-23(22)14-20)13-21(4-1)24-11-10-18-7-6-17-5-2-12-27-25(17)26(18)28-24/h1-2,4-11,13,19-20,22-28H,3,12,14-16H2. The van der Waals surface area contributed by atoms with Gasteiger partial charge in [0.05, 0.1) is 31.3 Å². The molecule has 0 bridgehead atoms. The Morgan fingerprint density at radius 2 is 1.60 bits per heavy atom. The van der Waals surface area contributed by atoms with Crippen LogP contribution in [0.5, 0.6) is 0 Å². The molecule has 0 saturated carbocycles. The minimum absolute atomic E-state index is 0.269. The minimum atomic E-state index is 0.269. The van der Waals surface area contributed by atoms with Gasteiger partial charge in [0.1, 0.15) is 0 Å². The zero-order valence-electron chi connectivity index (χ0n) is 17.2. The third-order valence-electron chi connectivity index (χ3n) is 7.57. The highest BCUT2D eigenvalue weighted by Gasteiger charge is 2.36. The molecule has 1 saturated heterocycles. The average Bonchev–Trinajstić information content (AvgIpc) is 2.83. The first-order valence-electron chi connectivity index (χ1n) is 11.4. The first-order valence-corrected chi connectivity index (χ1v) is 11.4.